The molecule has 0 spiro atoms. The molecule has 0 aromatic carbocycles. The maximum absolute atomic E-state index is 10.5. The Bertz CT molecular complexity index is 417. The molecule has 0 amide bonds. The molecule has 0 aliphatic heterocycles. The van der Waals surface area contributed by atoms with Gasteiger partial charge in [0.05, 0.1) is 6.61 Å². The molecular weight excluding hydrogens is 499 g/mol. The molecule has 200 valence electrons. The third kappa shape index (κ3) is 32.6. The summed E-state index contributed by atoms with van der Waals surface area (Å²) in [5.74, 6) is 0. The van der Waals surface area contributed by atoms with Crippen molar-refractivity contribution >= 4 is 23.8 Å². The number of hydrogen-bond donors (Lipinski definition) is 2. The lowest BCUT2D eigenvalue weighted by Crippen LogP contribution is -1.92. The average Bonchev–Trinajstić information content (AvgIpc) is 2.78. The molecule has 0 unspecified atom stereocenters. The van der Waals surface area contributed by atoms with E-state index in [2.05, 4.69) is 20.5 Å². The largest absolute Gasteiger partial charge is 0.469 e. The van der Waals surface area contributed by atoms with Gasteiger partial charge in [-0.1, -0.05) is 164 Å². The summed E-state index contributed by atoms with van der Waals surface area (Å²) < 4.78 is 15.0. The van der Waals surface area contributed by atoms with Gasteiger partial charge in [0.25, 0.3) is 0 Å². The minimum absolute atomic E-state index is 0.169. The van der Waals surface area contributed by atoms with E-state index in [9.17, 15) is 4.57 Å². The normalized spacial score (nSPS) is 12.0. The van der Waals surface area contributed by atoms with Crippen molar-refractivity contribution in [1.29, 1.82) is 0 Å². The fourth-order valence-corrected chi connectivity index (χ4v) is 5.21. The number of hydrogen-bond acceptors (Lipinski definition) is 2. The smallest absolute Gasteiger partial charge is 0.303 e. The van der Waals surface area contributed by atoms with Crippen molar-refractivity contribution in [3.8, 4) is 0 Å². The van der Waals surface area contributed by atoms with Gasteiger partial charge < -0.3 is 9.79 Å². The highest BCUT2D eigenvalue weighted by Gasteiger charge is 2.12. The van der Waals surface area contributed by atoms with E-state index in [-0.39, 0.29) is 6.61 Å². The Morgan fingerprint density at radius 3 is 0.848 bits per heavy atom. The number of unbranched alkanes of at least 4 members (excludes halogenated alkanes) is 24. The average molecular weight is 556 g/mol. The van der Waals surface area contributed by atoms with Crippen LogP contribution in [0.2, 0.25) is 0 Å². The van der Waals surface area contributed by atoms with Crippen molar-refractivity contribution in [2.24, 2.45) is 0 Å². The molecule has 2 N–H and O–H groups in total. The number of phosphoric ester groups is 1. The fourth-order valence-electron chi connectivity index (χ4n) is 4.45. The molecule has 0 aromatic heterocycles. The number of halogens is 1. The van der Waals surface area contributed by atoms with Gasteiger partial charge in [0.2, 0.25) is 0 Å². The van der Waals surface area contributed by atoms with Gasteiger partial charge in [0, 0.05) is 5.33 Å². The summed E-state index contributed by atoms with van der Waals surface area (Å²) in [6.07, 6.45) is 33.8. The molecule has 0 atom stereocenters. The highest BCUT2D eigenvalue weighted by Crippen LogP contribution is 2.35. The molecule has 33 heavy (non-hydrogen) atoms. The first-order valence-corrected chi connectivity index (χ1v) is 17.0. The van der Waals surface area contributed by atoms with E-state index in [1.807, 2.05) is 0 Å². The van der Waals surface area contributed by atoms with Gasteiger partial charge in [0.1, 0.15) is 0 Å². The highest BCUT2D eigenvalue weighted by atomic mass is 79.9. The summed E-state index contributed by atoms with van der Waals surface area (Å²) in [7, 11) is -4.27. The number of alkyl halides is 1. The van der Waals surface area contributed by atoms with Crippen LogP contribution in [-0.4, -0.2) is 21.7 Å². The molecule has 0 rings (SSSR count). The van der Waals surface area contributed by atoms with Gasteiger partial charge in [-0.25, -0.2) is 4.57 Å². The van der Waals surface area contributed by atoms with E-state index < -0.39 is 7.82 Å². The summed E-state index contributed by atoms with van der Waals surface area (Å²) >= 11 is 3.50. The fraction of sp³-hybridized carbons (Fsp3) is 1.00. The lowest BCUT2D eigenvalue weighted by Gasteiger charge is -2.05. The van der Waals surface area contributed by atoms with Crippen LogP contribution >= 0.6 is 23.8 Å². The standard InChI is InChI=1S/C27H56BrO4P/c28-26-24-22-20-18-16-14-12-10-8-6-4-2-1-3-5-7-9-11-13-15-17-19-21-23-25-27-32-33(29,30)31/h1-27H2,(H2,29,30,31). The number of phosphoric acid groups is 1. The third-order valence-electron chi connectivity index (χ3n) is 6.54. The second kappa shape index (κ2) is 27.2. The third-order valence-corrected chi connectivity index (χ3v) is 7.62. The zero-order valence-electron chi connectivity index (χ0n) is 21.6. The molecular formula is C27H56BrO4P. The van der Waals surface area contributed by atoms with Crippen molar-refractivity contribution < 1.29 is 18.9 Å². The molecule has 6 heteroatoms. The minimum Gasteiger partial charge on any atom is -0.303 e. The van der Waals surface area contributed by atoms with Crippen molar-refractivity contribution in [3.05, 3.63) is 0 Å². The topological polar surface area (TPSA) is 66.8 Å². The van der Waals surface area contributed by atoms with Gasteiger partial charge in [-0.15, -0.1) is 0 Å². The lowest BCUT2D eigenvalue weighted by atomic mass is 10.0. The van der Waals surface area contributed by atoms with Crippen LogP contribution in [0.25, 0.3) is 0 Å². The van der Waals surface area contributed by atoms with E-state index >= 15 is 0 Å². The minimum atomic E-state index is -4.27. The Kier molecular flexibility index (Phi) is 27.7. The van der Waals surface area contributed by atoms with Crippen molar-refractivity contribution in [2.75, 3.05) is 11.9 Å². The maximum Gasteiger partial charge on any atom is 0.469 e. The first-order valence-electron chi connectivity index (χ1n) is 14.3. The molecule has 0 aliphatic carbocycles. The quantitative estimate of drug-likeness (QED) is 0.0573. The zero-order valence-corrected chi connectivity index (χ0v) is 24.1. The molecule has 0 heterocycles. The van der Waals surface area contributed by atoms with Crippen LogP contribution in [0.15, 0.2) is 0 Å². The van der Waals surface area contributed by atoms with Gasteiger partial charge >= 0.3 is 7.82 Å². The summed E-state index contributed by atoms with van der Waals surface area (Å²) in [6.45, 7) is 0.169. The SMILES string of the molecule is O=P(O)(O)OCCCCCCCCCCCCCCCCCCCCCCCCCCCBr. The summed E-state index contributed by atoms with van der Waals surface area (Å²) in [5.41, 5.74) is 0. The van der Waals surface area contributed by atoms with Crippen molar-refractivity contribution in [2.45, 2.75) is 161 Å². The molecule has 0 aliphatic rings. The van der Waals surface area contributed by atoms with Gasteiger partial charge in [0.15, 0.2) is 0 Å². The Hall–Kier alpha value is 0.590. The van der Waals surface area contributed by atoms with Crippen LogP contribution in [-0.2, 0) is 9.09 Å². The van der Waals surface area contributed by atoms with E-state index in [0.29, 0.717) is 0 Å². The zero-order chi connectivity index (χ0) is 24.3. The van der Waals surface area contributed by atoms with E-state index in [1.165, 1.54) is 147 Å². The summed E-state index contributed by atoms with van der Waals surface area (Å²) in [6, 6.07) is 0. The monoisotopic (exact) mass is 554 g/mol. The molecule has 0 saturated heterocycles. The Labute approximate surface area is 214 Å². The van der Waals surface area contributed by atoms with Gasteiger partial charge in [-0.2, -0.15) is 0 Å². The Morgan fingerprint density at radius 1 is 0.424 bits per heavy atom. The Balaban J connectivity index is 3.03. The van der Waals surface area contributed by atoms with Crippen LogP contribution < -0.4 is 0 Å². The second-order valence-electron chi connectivity index (χ2n) is 9.85. The van der Waals surface area contributed by atoms with Crippen LogP contribution in [0.1, 0.15) is 161 Å². The first-order chi connectivity index (χ1) is 16.1. The molecule has 0 radical (unpaired) electrons. The van der Waals surface area contributed by atoms with E-state index in [1.54, 1.807) is 0 Å². The van der Waals surface area contributed by atoms with Crippen molar-refractivity contribution in [3.63, 3.8) is 0 Å². The van der Waals surface area contributed by atoms with Gasteiger partial charge in [-0.05, 0) is 12.8 Å². The van der Waals surface area contributed by atoms with E-state index in [0.717, 1.165) is 19.3 Å². The molecule has 0 saturated carbocycles. The first kappa shape index (κ1) is 33.6. The van der Waals surface area contributed by atoms with Gasteiger partial charge in [-0.3, -0.25) is 4.52 Å². The summed E-state index contributed by atoms with van der Waals surface area (Å²) in [4.78, 5) is 17.2. The molecule has 0 bridgehead atoms. The molecule has 0 fully saturated rings. The summed E-state index contributed by atoms with van der Waals surface area (Å²) in [5, 5.41) is 1.17. The predicted octanol–water partition coefficient (Wildman–Crippen LogP) is 10.2. The predicted molar refractivity (Wildman–Crippen MR) is 147 cm³/mol. The van der Waals surface area contributed by atoms with Crippen molar-refractivity contribution in [1.82, 2.24) is 0 Å². The number of rotatable bonds is 28. The second-order valence-corrected chi connectivity index (χ2v) is 11.9. The highest BCUT2D eigenvalue weighted by molar-refractivity contribution is 9.09. The lowest BCUT2D eigenvalue weighted by molar-refractivity contribution is 0.193. The van der Waals surface area contributed by atoms with Crippen LogP contribution in [0.4, 0.5) is 0 Å². The van der Waals surface area contributed by atoms with E-state index in [4.69, 9.17) is 9.79 Å². The molecule has 0 aromatic rings. The Morgan fingerprint density at radius 2 is 0.636 bits per heavy atom. The van der Waals surface area contributed by atoms with Crippen LogP contribution in [0, 0.1) is 0 Å². The molecule has 4 nitrogen and oxygen atoms in total. The maximum atomic E-state index is 10.5. The van der Waals surface area contributed by atoms with Crippen LogP contribution in [0.3, 0.4) is 0 Å². The van der Waals surface area contributed by atoms with Crippen LogP contribution in [0.5, 0.6) is 0 Å².